The summed E-state index contributed by atoms with van der Waals surface area (Å²) in [6.07, 6.45) is 7.85. The first-order chi connectivity index (χ1) is 35.6. The number of nitrogens with zero attached hydrogens (tertiary/aromatic N) is 10. The summed E-state index contributed by atoms with van der Waals surface area (Å²) in [6, 6.07) is 8.06. The van der Waals surface area contributed by atoms with E-state index >= 15 is 0 Å². The van der Waals surface area contributed by atoms with E-state index in [2.05, 4.69) is 51.3 Å². The molecule has 0 radical (unpaired) electrons. The van der Waals surface area contributed by atoms with E-state index in [4.69, 9.17) is 63.2 Å². The number of nitrogens with one attached hydrogen (secondary N) is 2. The highest BCUT2D eigenvalue weighted by molar-refractivity contribution is 8.75. The SMILES string of the molecule is COc1cc2c(cc1-c1c(C)noc1C)[nH]c1nc(C)nc(Cc3cn(C)cn3)c12.COc1cc2c(cc1-c1c(C)noc1C)[nH]c1nc(C)nc(Cl)c12.Cn1cnc(N)c1.S=S=S=S=S=S=S=S=S=S=S=S=S. The van der Waals surface area contributed by atoms with Crippen molar-refractivity contribution >= 4 is 181 Å². The normalized spacial score (nSPS) is 10.6. The number of H-pyrrole nitrogens is 2. The fraction of sp³-hybridized carbons (Fsp3) is 0.256. The van der Waals surface area contributed by atoms with E-state index < -0.39 is 0 Å². The maximum absolute atomic E-state index is 6.33. The van der Waals surface area contributed by atoms with Crippen LogP contribution in [0, 0.1) is 41.5 Å². The van der Waals surface area contributed by atoms with E-state index in [0.717, 1.165) is 112 Å². The zero-order chi connectivity index (χ0) is 53.1. The highest BCUT2D eigenvalue weighted by Gasteiger charge is 2.22. The summed E-state index contributed by atoms with van der Waals surface area (Å²) in [5, 5.41) is 12.3. The fourth-order valence-electron chi connectivity index (χ4n) is 7.76. The van der Waals surface area contributed by atoms with Gasteiger partial charge in [-0.15, -0.1) is 0 Å². The first-order valence-corrected chi connectivity index (χ1v) is 37.6. The standard InChI is InChI=1S/C22H22N6O2.C17H15ClN4O2.C4H7N3.S13/c1-11-20(12(2)30-27-11)16-7-17-15(8-19(16)29-5)21-18(6-14-9-28(4)10-23-14)24-13(3)25-22(21)26-17;1-7-14(8(2)24-22-7)11-5-12-10(6-13(11)23-4)15-16(18)19-9(3)20-17(15)21-12;1-7-2-4(5)6-3-7;1-3-5-7-9-11-13-12-10-8-6-4-2/h7-10H,6H2,1-5H3,(H,24,25,26);5-6H,1-4H3,(H,19,20,21);2-3H,5H2,1H3;. The minimum atomic E-state index is 0.427. The second-order valence-corrected chi connectivity index (χ2v) is 35.3. The first-order valence-electron chi connectivity index (χ1n) is 21.2. The van der Waals surface area contributed by atoms with Crippen molar-refractivity contribution in [3.63, 3.8) is 0 Å². The molecule has 8 heterocycles. The van der Waals surface area contributed by atoms with E-state index in [1.54, 1.807) is 118 Å². The average Bonchev–Trinajstić information content (AvgIpc) is 4.24. The number of hydrogen-bond acceptors (Lipinski definition) is 15. The Hall–Kier alpha value is -4.41. The zero-order valence-corrected chi connectivity index (χ0v) is 52.1. The molecule has 10 aromatic rings. The maximum Gasteiger partial charge on any atom is 0.143 e. The lowest BCUT2D eigenvalue weighted by molar-refractivity contribution is 0.393. The maximum atomic E-state index is 6.33. The number of anilines is 1. The molecule has 10 rings (SSSR count). The topological polar surface area (TPSA) is 215 Å². The van der Waals surface area contributed by atoms with Gasteiger partial charge < -0.3 is 43.4 Å². The Morgan fingerprint density at radius 1 is 0.622 bits per heavy atom. The van der Waals surface area contributed by atoms with Crippen molar-refractivity contribution < 1.29 is 18.5 Å². The molecule has 0 fully saturated rings. The Morgan fingerprint density at radius 2 is 1.08 bits per heavy atom. The molecule has 0 aliphatic carbocycles. The lowest BCUT2D eigenvalue weighted by atomic mass is 10.00. The lowest BCUT2D eigenvalue weighted by Gasteiger charge is -2.09. The number of benzene rings is 2. The smallest absolute Gasteiger partial charge is 0.143 e. The average molecular weight is 1260 g/mol. The second-order valence-electron chi connectivity index (χ2n) is 15.5. The van der Waals surface area contributed by atoms with Crippen LogP contribution in [-0.4, -0.2) is 73.5 Å². The van der Waals surface area contributed by atoms with Crippen molar-refractivity contribution in [3.8, 4) is 33.8 Å². The summed E-state index contributed by atoms with van der Waals surface area (Å²) in [7, 11) is 25.2. The van der Waals surface area contributed by atoms with Gasteiger partial charge in [-0.3, -0.25) is 0 Å². The summed E-state index contributed by atoms with van der Waals surface area (Å²) >= 11 is 15.7. The largest absolute Gasteiger partial charge is 0.496 e. The zero-order valence-electron chi connectivity index (χ0n) is 40.7. The number of nitrogen functional groups attached to an aromatic ring is 1. The van der Waals surface area contributed by atoms with Crippen LogP contribution in [0.15, 0.2) is 58.4 Å². The molecule has 74 heavy (non-hydrogen) atoms. The van der Waals surface area contributed by atoms with Gasteiger partial charge in [-0.2, -0.15) is 0 Å². The van der Waals surface area contributed by atoms with Gasteiger partial charge in [-0.1, -0.05) is 21.9 Å². The molecule has 0 amide bonds. The Kier molecular flexibility index (Phi) is 21.0. The van der Waals surface area contributed by atoms with Gasteiger partial charge >= 0.3 is 0 Å². The quantitative estimate of drug-likeness (QED) is 0.133. The molecule has 8 aromatic heterocycles. The van der Waals surface area contributed by atoms with E-state index in [1.807, 2.05) is 84.6 Å². The van der Waals surface area contributed by atoms with Gasteiger partial charge in [-0.25, -0.2) is 29.9 Å². The van der Waals surface area contributed by atoms with Crippen LogP contribution >= 0.6 is 11.6 Å². The van der Waals surface area contributed by atoms with Crippen LogP contribution in [0.4, 0.5) is 5.82 Å². The molecule has 0 aliphatic heterocycles. The van der Waals surface area contributed by atoms with Gasteiger partial charge in [0, 0.05) is 191 Å². The van der Waals surface area contributed by atoms with Crippen molar-refractivity contribution in [1.82, 2.24) is 59.3 Å². The molecule has 31 heteroatoms. The fourth-order valence-corrected chi connectivity index (χ4v) is 32.8. The molecule has 0 bridgehead atoms. The summed E-state index contributed by atoms with van der Waals surface area (Å²) in [4.78, 5) is 33.0. The molecule has 0 atom stereocenters. The number of ether oxygens (including phenoxy) is 2. The van der Waals surface area contributed by atoms with E-state index in [0.29, 0.717) is 28.9 Å². The number of imidazole rings is 2. The summed E-state index contributed by atoms with van der Waals surface area (Å²) in [5.74, 6) is 4.89. The van der Waals surface area contributed by atoms with Gasteiger partial charge in [0.25, 0.3) is 0 Å². The molecular weight excluding hydrogens is 1210 g/mol. The van der Waals surface area contributed by atoms with Crippen LogP contribution in [0.3, 0.4) is 0 Å². The number of aromatic amines is 2. The Balaban J connectivity index is 0.000000161. The van der Waals surface area contributed by atoms with Gasteiger partial charge in [-0.05, 0) is 65.8 Å². The molecule has 0 spiro atoms. The number of rotatable bonds is 6. The summed E-state index contributed by atoms with van der Waals surface area (Å²) in [5.41, 5.74) is 15.9. The summed E-state index contributed by atoms with van der Waals surface area (Å²) < 4.78 is 25.8. The second kappa shape index (κ2) is 27.1. The number of aryl methyl sites for hydroxylation is 8. The molecular formula is C43H44ClN13O4S13. The van der Waals surface area contributed by atoms with Crippen molar-refractivity contribution in [2.45, 2.75) is 48.0 Å². The van der Waals surface area contributed by atoms with Crippen molar-refractivity contribution in [1.29, 1.82) is 0 Å². The molecule has 17 nitrogen and oxygen atoms in total. The number of hydrogen-bond donors (Lipinski definition) is 3. The van der Waals surface area contributed by atoms with Crippen LogP contribution in [-0.2, 0) is 141 Å². The third-order valence-electron chi connectivity index (χ3n) is 10.5. The molecule has 0 saturated carbocycles. The molecule has 4 N–H and O–H groups in total. The van der Waals surface area contributed by atoms with Crippen molar-refractivity contribution in [2.24, 2.45) is 14.1 Å². The number of methoxy groups -OCH3 is 2. The Bertz CT molecular complexity index is 4140. The van der Waals surface area contributed by atoms with Crippen LogP contribution < -0.4 is 15.2 Å². The summed E-state index contributed by atoms with van der Waals surface area (Å²) in [6.45, 7) is 11.3. The number of nitrogens with two attached hydrogens (primary N) is 1. The number of halogens is 1. The van der Waals surface area contributed by atoms with Gasteiger partial charge in [0.15, 0.2) is 0 Å². The number of fused-ring (bicyclic) bond motifs is 6. The molecule has 0 saturated heterocycles. The highest BCUT2D eigenvalue weighted by atomic mass is 35.5. The predicted molar refractivity (Wildman–Crippen MR) is 330 cm³/mol. The third-order valence-corrected chi connectivity index (χ3v) is 33.0. The monoisotopic (exact) mass is 1260 g/mol. The van der Waals surface area contributed by atoms with Gasteiger partial charge in [0.1, 0.15) is 56.9 Å². The highest BCUT2D eigenvalue weighted by Crippen LogP contribution is 2.42. The molecule has 0 aliphatic rings. The van der Waals surface area contributed by atoms with E-state index in [1.165, 1.54) is 17.8 Å². The lowest BCUT2D eigenvalue weighted by Crippen LogP contribution is -1.98. The third kappa shape index (κ3) is 14.1. The van der Waals surface area contributed by atoms with E-state index in [-0.39, 0.29) is 0 Å². The first kappa shape index (κ1) is 57.3. The Morgan fingerprint density at radius 3 is 1.49 bits per heavy atom. The predicted octanol–water partition coefficient (Wildman–Crippen LogP) is 8.35. The van der Waals surface area contributed by atoms with Crippen LogP contribution in [0.1, 0.15) is 45.9 Å². The Labute approximate surface area is 470 Å². The number of aromatic nitrogens is 12. The van der Waals surface area contributed by atoms with Crippen LogP contribution in [0.25, 0.3) is 66.1 Å². The minimum absolute atomic E-state index is 0.427. The molecule has 2 aromatic carbocycles. The van der Waals surface area contributed by atoms with Crippen LogP contribution in [0.2, 0.25) is 5.15 Å². The van der Waals surface area contributed by atoms with Crippen LogP contribution in [0.5, 0.6) is 11.5 Å². The van der Waals surface area contributed by atoms with Crippen molar-refractivity contribution in [3.05, 3.63) is 100 Å². The molecule has 0 unspecified atom stereocenters. The van der Waals surface area contributed by atoms with Crippen molar-refractivity contribution in [2.75, 3.05) is 20.0 Å². The van der Waals surface area contributed by atoms with Gasteiger partial charge in [0.2, 0.25) is 0 Å². The minimum Gasteiger partial charge on any atom is -0.496 e. The van der Waals surface area contributed by atoms with Gasteiger partial charge in [0.05, 0.1) is 66.2 Å². The van der Waals surface area contributed by atoms with E-state index in [9.17, 15) is 0 Å². The molecule has 390 valence electrons.